The van der Waals surface area contributed by atoms with Crippen LogP contribution in [0.2, 0.25) is 5.02 Å². The van der Waals surface area contributed by atoms with Gasteiger partial charge in [0.25, 0.3) is 11.8 Å². The van der Waals surface area contributed by atoms with Crippen molar-refractivity contribution in [2.75, 3.05) is 19.7 Å². The average Bonchev–Trinajstić information content (AvgIpc) is 3.01. The predicted octanol–water partition coefficient (Wildman–Crippen LogP) is 4.42. The maximum Gasteiger partial charge on any atom is 0.257 e. The SMILES string of the molecule is O=C(COc1ccc(/C=N/NC(=O)CN(Cc2ccccc2)S(=O)(=O)c2ccc(Cl)cc2)cc1)NCCc1ccccc1. The number of rotatable bonds is 14. The van der Waals surface area contributed by atoms with Crippen molar-refractivity contribution in [1.29, 1.82) is 0 Å². The van der Waals surface area contributed by atoms with E-state index >= 15 is 0 Å². The second-order valence-corrected chi connectivity index (χ2v) is 11.8. The minimum atomic E-state index is -4.00. The Bertz CT molecular complexity index is 1620. The summed E-state index contributed by atoms with van der Waals surface area (Å²) in [5.74, 6) is -0.324. The highest BCUT2D eigenvalue weighted by molar-refractivity contribution is 7.89. The summed E-state index contributed by atoms with van der Waals surface area (Å²) in [6.45, 7) is -0.0477. The van der Waals surface area contributed by atoms with Crippen LogP contribution < -0.4 is 15.5 Å². The van der Waals surface area contributed by atoms with E-state index in [0.717, 1.165) is 21.9 Å². The Morgan fingerprint density at radius 1 is 0.814 bits per heavy atom. The number of sulfonamides is 1. The quantitative estimate of drug-likeness (QED) is 0.160. The summed E-state index contributed by atoms with van der Waals surface area (Å²) in [6.07, 6.45) is 2.16. The highest BCUT2D eigenvalue weighted by Gasteiger charge is 2.27. The van der Waals surface area contributed by atoms with Crippen molar-refractivity contribution in [2.45, 2.75) is 17.9 Å². The molecule has 0 spiro atoms. The normalized spacial score (nSPS) is 11.4. The van der Waals surface area contributed by atoms with Crippen LogP contribution in [0.15, 0.2) is 119 Å². The van der Waals surface area contributed by atoms with Crippen molar-refractivity contribution in [3.8, 4) is 5.75 Å². The maximum absolute atomic E-state index is 13.3. The third-order valence-corrected chi connectivity index (χ3v) is 8.26. The number of carbonyl (C=O) groups excluding carboxylic acids is 2. The fourth-order valence-electron chi connectivity index (χ4n) is 3.98. The lowest BCUT2D eigenvalue weighted by atomic mass is 10.1. The van der Waals surface area contributed by atoms with Crippen LogP contribution in [0.4, 0.5) is 0 Å². The van der Waals surface area contributed by atoms with Crippen molar-refractivity contribution < 1.29 is 22.7 Å². The zero-order valence-corrected chi connectivity index (χ0v) is 24.8. The molecule has 11 heteroatoms. The van der Waals surface area contributed by atoms with E-state index in [4.69, 9.17) is 16.3 Å². The molecule has 0 atom stereocenters. The van der Waals surface area contributed by atoms with Gasteiger partial charge in [-0.3, -0.25) is 9.59 Å². The first-order valence-corrected chi connectivity index (χ1v) is 15.3. The second kappa shape index (κ2) is 15.6. The van der Waals surface area contributed by atoms with Gasteiger partial charge in [0.1, 0.15) is 5.75 Å². The molecule has 2 amide bonds. The molecule has 2 N–H and O–H groups in total. The van der Waals surface area contributed by atoms with Crippen LogP contribution >= 0.6 is 11.6 Å². The number of carbonyl (C=O) groups is 2. The first-order valence-electron chi connectivity index (χ1n) is 13.4. The fraction of sp³-hybridized carbons (Fsp3) is 0.156. The molecule has 0 aromatic heterocycles. The van der Waals surface area contributed by atoms with E-state index in [2.05, 4.69) is 15.8 Å². The smallest absolute Gasteiger partial charge is 0.257 e. The topological polar surface area (TPSA) is 117 Å². The number of halogens is 1. The van der Waals surface area contributed by atoms with Gasteiger partial charge in [-0.05, 0) is 71.6 Å². The Balaban J connectivity index is 1.27. The Labute approximate surface area is 256 Å². The van der Waals surface area contributed by atoms with E-state index in [1.807, 2.05) is 36.4 Å². The molecule has 222 valence electrons. The van der Waals surface area contributed by atoms with E-state index in [0.29, 0.717) is 22.9 Å². The predicted molar refractivity (Wildman–Crippen MR) is 166 cm³/mol. The zero-order valence-electron chi connectivity index (χ0n) is 23.2. The number of hydrazone groups is 1. The van der Waals surface area contributed by atoms with Crippen LogP contribution in [-0.2, 0) is 32.6 Å². The first kappa shape index (κ1) is 31.4. The molecule has 0 unspecified atom stereocenters. The van der Waals surface area contributed by atoms with Gasteiger partial charge in [-0.25, -0.2) is 13.8 Å². The number of hydrogen-bond donors (Lipinski definition) is 2. The molecular weight excluding hydrogens is 588 g/mol. The molecule has 0 aliphatic heterocycles. The van der Waals surface area contributed by atoms with Crippen molar-refractivity contribution in [1.82, 2.24) is 15.0 Å². The van der Waals surface area contributed by atoms with Crippen molar-refractivity contribution in [2.24, 2.45) is 5.10 Å². The summed E-state index contributed by atoms with van der Waals surface area (Å²) >= 11 is 5.92. The molecule has 0 aliphatic carbocycles. The van der Waals surface area contributed by atoms with E-state index in [9.17, 15) is 18.0 Å². The fourth-order valence-corrected chi connectivity index (χ4v) is 5.49. The number of amides is 2. The summed E-state index contributed by atoms with van der Waals surface area (Å²) < 4.78 is 33.3. The van der Waals surface area contributed by atoms with Gasteiger partial charge in [0.2, 0.25) is 10.0 Å². The molecule has 0 bridgehead atoms. The molecule has 0 heterocycles. The molecule has 4 aromatic carbocycles. The molecule has 43 heavy (non-hydrogen) atoms. The second-order valence-electron chi connectivity index (χ2n) is 9.45. The highest BCUT2D eigenvalue weighted by Crippen LogP contribution is 2.20. The molecule has 4 aromatic rings. The maximum atomic E-state index is 13.3. The van der Waals surface area contributed by atoms with Crippen LogP contribution in [0, 0.1) is 0 Å². The number of hydrogen-bond acceptors (Lipinski definition) is 6. The van der Waals surface area contributed by atoms with Crippen LogP contribution in [-0.4, -0.2) is 50.4 Å². The molecule has 0 radical (unpaired) electrons. The number of benzene rings is 4. The standard InChI is InChI=1S/C32H31ClN4O5S/c33-28-13-17-30(18-14-28)43(40,41)37(22-27-9-5-2-6-10-27)23-31(38)36-35-21-26-11-15-29(16-12-26)42-24-32(39)34-20-19-25-7-3-1-4-8-25/h1-18,21H,19-20,22-24H2,(H,34,39)(H,36,38)/b35-21+. The van der Waals surface area contributed by atoms with Crippen molar-refractivity contribution in [3.63, 3.8) is 0 Å². The summed E-state index contributed by atoms with van der Waals surface area (Å²) in [5, 5.41) is 7.19. The summed E-state index contributed by atoms with van der Waals surface area (Å²) in [7, 11) is -4.00. The van der Waals surface area contributed by atoms with E-state index < -0.39 is 22.5 Å². The lowest BCUT2D eigenvalue weighted by molar-refractivity contribution is -0.123. The van der Waals surface area contributed by atoms with E-state index in [1.54, 1.807) is 48.5 Å². The number of nitrogens with zero attached hydrogens (tertiary/aromatic N) is 2. The van der Waals surface area contributed by atoms with Gasteiger partial charge < -0.3 is 10.1 Å². The van der Waals surface area contributed by atoms with Crippen molar-refractivity contribution >= 4 is 39.7 Å². The third-order valence-electron chi connectivity index (χ3n) is 6.20. The largest absolute Gasteiger partial charge is 0.484 e. The van der Waals surface area contributed by atoms with E-state index in [-0.39, 0.29) is 24.0 Å². The molecule has 4 rings (SSSR count). The Hall–Kier alpha value is -4.51. The van der Waals surface area contributed by atoms with Crippen LogP contribution in [0.5, 0.6) is 5.75 Å². The van der Waals surface area contributed by atoms with Gasteiger partial charge >= 0.3 is 0 Å². The summed E-state index contributed by atoms with van der Waals surface area (Å²) in [4.78, 5) is 24.8. The average molecular weight is 619 g/mol. The van der Waals surface area contributed by atoms with Gasteiger partial charge in [-0.2, -0.15) is 9.41 Å². The molecule has 0 fully saturated rings. The first-order chi connectivity index (χ1) is 20.8. The molecule has 9 nitrogen and oxygen atoms in total. The summed E-state index contributed by atoms with van der Waals surface area (Å²) in [6, 6.07) is 31.4. The van der Waals surface area contributed by atoms with Crippen LogP contribution in [0.25, 0.3) is 0 Å². The van der Waals surface area contributed by atoms with Crippen LogP contribution in [0.1, 0.15) is 16.7 Å². The third kappa shape index (κ3) is 10.1. The number of nitrogens with one attached hydrogen (secondary N) is 2. The van der Waals surface area contributed by atoms with Gasteiger partial charge in [0, 0.05) is 18.1 Å². The number of ether oxygens (including phenoxy) is 1. The molecular formula is C32H31ClN4O5S. The minimum absolute atomic E-state index is 0.00452. The molecule has 0 saturated carbocycles. The Morgan fingerprint density at radius 2 is 1.44 bits per heavy atom. The van der Waals surface area contributed by atoms with Gasteiger partial charge in [-0.1, -0.05) is 72.3 Å². The van der Waals surface area contributed by atoms with Crippen molar-refractivity contribution in [3.05, 3.63) is 131 Å². The summed E-state index contributed by atoms with van der Waals surface area (Å²) in [5.41, 5.74) is 4.92. The minimum Gasteiger partial charge on any atom is -0.484 e. The van der Waals surface area contributed by atoms with Gasteiger partial charge in [0.05, 0.1) is 17.7 Å². The lowest BCUT2D eigenvalue weighted by Gasteiger charge is -2.21. The van der Waals surface area contributed by atoms with E-state index in [1.165, 1.54) is 30.5 Å². The Morgan fingerprint density at radius 3 is 2.09 bits per heavy atom. The lowest BCUT2D eigenvalue weighted by Crippen LogP contribution is -2.39. The van der Waals surface area contributed by atoms with Gasteiger partial charge in [-0.15, -0.1) is 0 Å². The Kier molecular flexibility index (Phi) is 11.4. The van der Waals surface area contributed by atoms with Gasteiger partial charge in [0.15, 0.2) is 6.61 Å². The highest BCUT2D eigenvalue weighted by atomic mass is 35.5. The monoisotopic (exact) mass is 618 g/mol. The van der Waals surface area contributed by atoms with Crippen LogP contribution in [0.3, 0.4) is 0 Å². The molecule has 0 aliphatic rings. The zero-order chi connectivity index (χ0) is 30.5. The molecule has 0 saturated heterocycles.